The minimum Gasteiger partial charge on any atom is -0.506 e. The molecule has 100 valence electrons. The summed E-state index contributed by atoms with van der Waals surface area (Å²) in [6.45, 7) is 4.79. The van der Waals surface area contributed by atoms with Crippen LogP contribution < -0.4 is 0 Å². The maximum absolute atomic E-state index is 12.3. The Labute approximate surface area is 113 Å². The first kappa shape index (κ1) is 13.4. The van der Waals surface area contributed by atoms with Gasteiger partial charge in [0.2, 0.25) is 0 Å². The van der Waals surface area contributed by atoms with E-state index in [2.05, 4.69) is 13.8 Å². The Bertz CT molecular complexity index is 605. The quantitative estimate of drug-likeness (QED) is 0.916. The summed E-state index contributed by atoms with van der Waals surface area (Å²) in [5.74, 6) is 0.326. The number of aromatic hydroxyl groups is 1. The Morgan fingerprint density at radius 1 is 1.21 bits per heavy atom. The highest BCUT2D eigenvalue weighted by Gasteiger charge is 2.17. The number of amides is 1. The van der Waals surface area contributed by atoms with E-state index in [1.165, 1.54) is 0 Å². The summed E-state index contributed by atoms with van der Waals surface area (Å²) < 4.78 is 0. The van der Waals surface area contributed by atoms with Crippen LogP contribution in [0.2, 0.25) is 0 Å². The molecule has 0 saturated carbocycles. The third-order valence-electron chi connectivity index (χ3n) is 3.12. The molecular formula is C16H19NO2. The molecule has 3 heteroatoms. The van der Waals surface area contributed by atoms with Crippen molar-refractivity contribution >= 4 is 16.7 Å². The fourth-order valence-corrected chi connectivity index (χ4v) is 2.26. The lowest BCUT2D eigenvalue weighted by molar-refractivity contribution is 0.0776. The van der Waals surface area contributed by atoms with Crippen LogP contribution in [-0.4, -0.2) is 29.5 Å². The van der Waals surface area contributed by atoms with Gasteiger partial charge in [-0.05, 0) is 17.4 Å². The molecule has 3 nitrogen and oxygen atoms in total. The van der Waals surface area contributed by atoms with E-state index in [1.807, 2.05) is 30.3 Å². The van der Waals surface area contributed by atoms with Gasteiger partial charge in [0.15, 0.2) is 0 Å². The Hall–Kier alpha value is -2.03. The molecule has 0 aliphatic heterocycles. The summed E-state index contributed by atoms with van der Waals surface area (Å²) in [6, 6.07) is 11.1. The first-order chi connectivity index (χ1) is 9.00. The first-order valence-electron chi connectivity index (χ1n) is 6.47. The van der Waals surface area contributed by atoms with Gasteiger partial charge in [-0.2, -0.15) is 0 Å². The molecule has 0 aromatic heterocycles. The number of phenolic OH excluding ortho intramolecular Hbond substituents is 1. The van der Waals surface area contributed by atoms with E-state index in [4.69, 9.17) is 0 Å². The second-order valence-corrected chi connectivity index (χ2v) is 5.26. The average Bonchev–Trinajstić information content (AvgIpc) is 2.38. The van der Waals surface area contributed by atoms with Crippen LogP contribution in [0.25, 0.3) is 10.8 Å². The first-order valence-corrected chi connectivity index (χ1v) is 6.47. The van der Waals surface area contributed by atoms with Crippen LogP contribution in [0.3, 0.4) is 0 Å². The van der Waals surface area contributed by atoms with Gasteiger partial charge < -0.3 is 10.0 Å². The average molecular weight is 257 g/mol. The van der Waals surface area contributed by atoms with Crippen molar-refractivity contribution in [1.29, 1.82) is 0 Å². The number of benzene rings is 2. The predicted molar refractivity (Wildman–Crippen MR) is 77.4 cm³/mol. The molecule has 0 atom stereocenters. The van der Waals surface area contributed by atoms with E-state index in [0.717, 1.165) is 5.39 Å². The van der Waals surface area contributed by atoms with Crippen molar-refractivity contribution in [3.63, 3.8) is 0 Å². The van der Waals surface area contributed by atoms with Gasteiger partial charge in [0, 0.05) is 19.0 Å². The largest absolute Gasteiger partial charge is 0.506 e. The van der Waals surface area contributed by atoms with Gasteiger partial charge in [-0.1, -0.05) is 44.2 Å². The van der Waals surface area contributed by atoms with Crippen LogP contribution in [0.1, 0.15) is 24.2 Å². The lowest BCUT2D eigenvalue weighted by atomic mass is 10.0. The lowest BCUT2D eigenvalue weighted by Gasteiger charge is -2.20. The van der Waals surface area contributed by atoms with Crippen molar-refractivity contribution in [2.75, 3.05) is 13.6 Å². The molecule has 0 unspecified atom stereocenters. The third kappa shape index (κ3) is 2.70. The van der Waals surface area contributed by atoms with Gasteiger partial charge in [0.25, 0.3) is 5.91 Å². The standard InChI is InChI=1S/C16H19NO2/c1-11(2)10-17(3)16(19)14-9-8-12-6-4-5-7-13(12)15(14)18/h4-9,11,18H,10H2,1-3H3. The Balaban J connectivity index is 2.40. The fraction of sp³-hybridized carbons (Fsp3) is 0.312. The number of carbonyl (C=O) groups is 1. The molecule has 0 aliphatic carbocycles. The number of nitrogens with zero attached hydrogens (tertiary/aromatic N) is 1. The van der Waals surface area contributed by atoms with Gasteiger partial charge >= 0.3 is 0 Å². The van der Waals surface area contributed by atoms with E-state index in [9.17, 15) is 9.90 Å². The highest BCUT2D eigenvalue weighted by atomic mass is 16.3. The van der Waals surface area contributed by atoms with Crippen LogP contribution in [0, 0.1) is 5.92 Å². The number of hydrogen-bond donors (Lipinski definition) is 1. The molecule has 0 saturated heterocycles. The number of phenols is 1. The maximum Gasteiger partial charge on any atom is 0.257 e. The zero-order valence-electron chi connectivity index (χ0n) is 11.6. The molecule has 19 heavy (non-hydrogen) atoms. The van der Waals surface area contributed by atoms with Gasteiger partial charge in [0.1, 0.15) is 5.75 Å². The van der Waals surface area contributed by atoms with E-state index in [0.29, 0.717) is 23.4 Å². The zero-order chi connectivity index (χ0) is 14.0. The molecule has 0 bridgehead atoms. The molecule has 0 aliphatic rings. The van der Waals surface area contributed by atoms with E-state index in [-0.39, 0.29) is 11.7 Å². The highest BCUT2D eigenvalue weighted by molar-refractivity contribution is 6.03. The van der Waals surface area contributed by atoms with E-state index in [1.54, 1.807) is 18.0 Å². The van der Waals surface area contributed by atoms with Crippen LogP contribution in [0.5, 0.6) is 5.75 Å². The normalized spacial score (nSPS) is 10.9. The summed E-state index contributed by atoms with van der Waals surface area (Å²) in [4.78, 5) is 14.0. The number of hydrogen-bond acceptors (Lipinski definition) is 2. The predicted octanol–water partition coefficient (Wildman–Crippen LogP) is 3.27. The summed E-state index contributed by atoms with van der Waals surface area (Å²) in [6.07, 6.45) is 0. The number of carbonyl (C=O) groups excluding carboxylic acids is 1. The third-order valence-corrected chi connectivity index (χ3v) is 3.12. The second-order valence-electron chi connectivity index (χ2n) is 5.26. The van der Waals surface area contributed by atoms with Crippen LogP contribution in [-0.2, 0) is 0 Å². The maximum atomic E-state index is 12.3. The van der Waals surface area contributed by atoms with Crippen molar-refractivity contribution in [3.05, 3.63) is 42.0 Å². The Morgan fingerprint density at radius 2 is 1.89 bits per heavy atom. The Morgan fingerprint density at radius 3 is 2.58 bits per heavy atom. The number of rotatable bonds is 3. The van der Waals surface area contributed by atoms with Crippen LogP contribution in [0.4, 0.5) is 0 Å². The topological polar surface area (TPSA) is 40.5 Å². The minimum absolute atomic E-state index is 0.0682. The van der Waals surface area contributed by atoms with Crippen molar-refractivity contribution in [2.24, 2.45) is 5.92 Å². The monoisotopic (exact) mass is 257 g/mol. The van der Waals surface area contributed by atoms with E-state index < -0.39 is 0 Å². The van der Waals surface area contributed by atoms with Gasteiger partial charge in [0.05, 0.1) is 5.56 Å². The molecule has 0 fully saturated rings. The highest BCUT2D eigenvalue weighted by Crippen LogP contribution is 2.29. The molecule has 0 radical (unpaired) electrons. The summed E-state index contributed by atoms with van der Waals surface area (Å²) in [5.41, 5.74) is 0.363. The molecule has 2 aromatic rings. The van der Waals surface area contributed by atoms with Crippen molar-refractivity contribution < 1.29 is 9.90 Å². The van der Waals surface area contributed by atoms with Crippen LogP contribution >= 0.6 is 0 Å². The fourth-order valence-electron chi connectivity index (χ4n) is 2.26. The molecule has 2 rings (SSSR count). The minimum atomic E-state index is -0.142. The van der Waals surface area contributed by atoms with Crippen molar-refractivity contribution in [2.45, 2.75) is 13.8 Å². The summed E-state index contributed by atoms with van der Waals surface area (Å²) >= 11 is 0. The SMILES string of the molecule is CC(C)CN(C)C(=O)c1ccc2ccccc2c1O. The lowest BCUT2D eigenvalue weighted by Crippen LogP contribution is -2.30. The van der Waals surface area contributed by atoms with E-state index >= 15 is 0 Å². The Kier molecular flexibility index (Phi) is 3.74. The molecule has 2 aromatic carbocycles. The van der Waals surface area contributed by atoms with Gasteiger partial charge in [-0.15, -0.1) is 0 Å². The van der Waals surface area contributed by atoms with Crippen molar-refractivity contribution in [1.82, 2.24) is 4.90 Å². The molecule has 0 spiro atoms. The second kappa shape index (κ2) is 5.31. The smallest absolute Gasteiger partial charge is 0.257 e. The zero-order valence-corrected chi connectivity index (χ0v) is 11.6. The molecule has 0 heterocycles. The molecule has 1 N–H and O–H groups in total. The van der Waals surface area contributed by atoms with Crippen LogP contribution in [0.15, 0.2) is 36.4 Å². The molecular weight excluding hydrogens is 238 g/mol. The molecule has 1 amide bonds. The van der Waals surface area contributed by atoms with Crippen molar-refractivity contribution in [3.8, 4) is 5.75 Å². The summed E-state index contributed by atoms with van der Waals surface area (Å²) in [7, 11) is 1.76. The van der Waals surface area contributed by atoms with Gasteiger partial charge in [-0.3, -0.25) is 4.79 Å². The summed E-state index contributed by atoms with van der Waals surface area (Å²) in [5, 5.41) is 11.9. The van der Waals surface area contributed by atoms with Gasteiger partial charge in [-0.25, -0.2) is 0 Å². The number of fused-ring (bicyclic) bond motifs is 1.